The highest BCUT2D eigenvalue weighted by atomic mass is 19.1. The van der Waals surface area contributed by atoms with Gasteiger partial charge < -0.3 is 14.6 Å². The van der Waals surface area contributed by atoms with Crippen molar-refractivity contribution in [3.8, 4) is 11.1 Å². The van der Waals surface area contributed by atoms with Crippen molar-refractivity contribution in [2.75, 3.05) is 0 Å². The fraction of sp³-hybridized carbons (Fsp3) is 0.333. The third-order valence-electron chi connectivity index (χ3n) is 3.49. The molecule has 0 saturated heterocycles. The molecule has 1 heterocycles. The molecule has 1 aromatic heterocycles. The van der Waals surface area contributed by atoms with Crippen LogP contribution in [0.2, 0.25) is 0 Å². The maximum absolute atomic E-state index is 13.0. The lowest BCUT2D eigenvalue weighted by Crippen LogP contribution is -2.14. The van der Waals surface area contributed by atoms with Crippen LogP contribution in [0.1, 0.15) is 31.3 Å². The number of furan rings is 1. The van der Waals surface area contributed by atoms with Gasteiger partial charge in [-0.3, -0.25) is 0 Å². The number of aliphatic hydroxyl groups excluding tert-OH is 2. The van der Waals surface area contributed by atoms with Crippen LogP contribution in [0.15, 0.2) is 40.8 Å². The number of hydrogen-bond acceptors (Lipinski definition) is 3. The molecule has 4 heteroatoms. The first-order chi connectivity index (χ1) is 10.5. The van der Waals surface area contributed by atoms with Crippen LogP contribution in [0.3, 0.4) is 0 Å². The van der Waals surface area contributed by atoms with E-state index in [9.17, 15) is 14.6 Å². The van der Waals surface area contributed by atoms with Crippen molar-refractivity contribution in [1.29, 1.82) is 0 Å². The topological polar surface area (TPSA) is 53.6 Å². The van der Waals surface area contributed by atoms with E-state index in [1.807, 2.05) is 19.9 Å². The van der Waals surface area contributed by atoms with Crippen molar-refractivity contribution in [2.24, 2.45) is 0 Å². The second-order valence-corrected chi connectivity index (χ2v) is 5.37. The third kappa shape index (κ3) is 4.29. The molecule has 2 aromatic rings. The fourth-order valence-corrected chi connectivity index (χ4v) is 2.23. The summed E-state index contributed by atoms with van der Waals surface area (Å²) in [6, 6.07) is 8.05. The van der Waals surface area contributed by atoms with Gasteiger partial charge in [0.15, 0.2) is 0 Å². The van der Waals surface area contributed by atoms with Crippen molar-refractivity contribution in [3.05, 3.63) is 53.7 Å². The molecule has 0 unspecified atom stereocenters. The van der Waals surface area contributed by atoms with Crippen LogP contribution < -0.4 is 0 Å². The lowest BCUT2D eigenvalue weighted by molar-refractivity contribution is 0.102. The van der Waals surface area contributed by atoms with Crippen LogP contribution in [0.5, 0.6) is 0 Å². The molecule has 0 aliphatic rings. The van der Waals surface area contributed by atoms with E-state index in [4.69, 9.17) is 4.42 Å². The van der Waals surface area contributed by atoms with Crippen molar-refractivity contribution in [2.45, 2.75) is 38.9 Å². The zero-order chi connectivity index (χ0) is 16.1. The average molecular weight is 304 g/mol. The maximum Gasteiger partial charge on any atom is 0.134 e. The number of halogens is 1. The van der Waals surface area contributed by atoms with Crippen molar-refractivity contribution < 1.29 is 19.0 Å². The number of hydrogen-bond donors (Lipinski definition) is 2. The van der Waals surface area contributed by atoms with Crippen LogP contribution in [0.4, 0.5) is 4.39 Å². The molecule has 0 spiro atoms. The lowest BCUT2D eigenvalue weighted by atomic mass is 10.0. The molecule has 0 radical (unpaired) electrons. The number of aryl methyl sites for hydroxylation is 1. The summed E-state index contributed by atoms with van der Waals surface area (Å²) >= 11 is 0. The molecule has 0 aliphatic heterocycles. The highest BCUT2D eigenvalue weighted by Gasteiger charge is 2.11. The number of rotatable bonds is 6. The standard InChI is InChI=1S/C18H21FO3/c1-3-15(20)11-16(21)8-9-18-17(10-12(2)22-18)13-4-6-14(19)7-5-13/h4-10,15-16,20-21H,3,11H2,1-2H3/b9-8+/t15-,16+/m0/s1. The van der Waals surface area contributed by atoms with E-state index < -0.39 is 12.2 Å². The minimum absolute atomic E-state index is 0.287. The molecule has 0 amide bonds. The highest BCUT2D eigenvalue weighted by molar-refractivity contribution is 5.73. The third-order valence-corrected chi connectivity index (χ3v) is 3.49. The Morgan fingerprint density at radius 3 is 2.55 bits per heavy atom. The second-order valence-electron chi connectivity index (χ2n) is 5.37. The minimum atomic E-state index is -0.735. The molecule has 2 N–H and O–H groups in total. The summed E-state index contributed by atoms with van der Waals surface area (Å²) in [4.78, 5) is 0. The monoisotopic (exact) mass is 304 g/mol. The molecule has 22 heavy (non-hydrogen) atoms. The summed E-state index contributed by atoms with van der Waals surface area (Å²) in [6.45, 7) is 3.70. The van der Waals surface area contributed by atoms with Gasteiger partial charge in [-0.1, -0.05) is 25.1 Å². The van der Waals surface area contributed by atoms with Gasteiger partial charge in [-0.05, 0) is 43.2 Å². The Kier molecular flexibility index (Phi) is 5.52. The molecular formula is C18H21FO3. The van der Waals surface area contributed by atoms with E-state index in [0.717, 1.165) is 16.9 Å². The maximum atomic E-state index is 13.0. The van der Waals surface area contributed by atoms with Crippen LogP contribution in [-0.2, 0) is 0 Å². The van der Waals surface area contributed by atoms with Gasteiger partial charge >= 0.3 is 0 Å². The van der Waals surface area contributed by atoms with Gasteiger partial charge in [-0.15, -0.1) is 0 Å². The van der Waals surface area contributed by atoms with E-state index in [-0.39, 0.29) is 5.82 Å². The zero-order valence-corrected chi connectivity index (χ0v) is 12.8. The molecule has 2 rings (SSSR count). The van der Waals surface area contributed by atoms with E-state index in [2.05, 4.69) is 0 Å². The number of aliphatic hydroxyl groups is 2. The quantitative estimate of drug-likeness (QED) is 0.850. The van der Waals surface area contributed by atoms with E-state index in [1.54, 1.807) is 24.3 Å². The summed E-state index contributed by atoms with van der Waals surface area (Å²) in [6.07, 6.45) is 2.93. The Morgan fingerprint density at radius 2 is 1.91 bits per heavy atom. The summed E-state index contributed by atoms with van der Waals surface area (Å²) in [5.74, 6) is 1.06. The average Bonchev–Trinajstić information content (AvgIpc) is 2.86. The molecule has 0 saturated carbocycles. The number of benzene rings is 1. The van der Waals surface area contributed by atoms with Gasteiger partial charge in [-0.2, -0.15) is 0 Å². The zero-order valence-electron chi connectivity index (χ0n) is 12.8. The molecule has 1 aromatic carbocycles. The second kappa shape index (κ2) is 7.38. The summed E-state index contributed by atoms with van der Waals surface area (Å²) in [7, 11) is 0. The summed E-state index contributed by atoms with van der Waals surface area (Å²) in [5.41, 5.74) is 1.69. The molecule has 2 atom stereocenters. The Hall–Kier alpha value is -1.91. The first-order valence-corrected chi connectivity index (χ1v) is 7.40. The Labute approximate surface area is 129 Å². The Balaban J connectivity index is 2.19. The van der Waals surface area contributed by atoms with Gasteiger partial charge in [0.1, 0.15) is 17.3 Å². The molecule has 118 valence electrons. The van der Waals surface area contributed by atoms with Crippen LogP contribution >= 0.6 is 0 Å². The largest absolute Gasteiger partial charge is 0.461 e. The SMILES string of the molecule is CC[C@H](O)C[C@H](O)/C=C/c1oc(C)cc1-c1ccc(F)cc1. The normalized spacial score (nSPS) is 14.4. The smallest absolute Gasteiger partial charge is 0.134 e. The van der Waals surface area contributed by atoms with Gasteiger partial charge in [-0.25, -0.2) is 4.39 Å². The van der Waals surface area contributed by atoms with Gasteiger partial charge in [0.2, 0.25) is 0 Å². The van der Waals surface area contributed by atoms with Crippen LogP contribution in [0, 0.1) is 12.7 Å². The van der Waals surface area contributed by atoms with Gasteiger partial charge in [0, 0.05) is 12.0 Å². The molecule has 0 bridgehead atoms. The van der Waals surface area contributed by atoms with Gasteiger partial charge in [0.05, 0.1) is 12.2 Å². The predicted octanol–water partition coefficient (Wildman–Crippen LogP) is 3.93. The fourth-order valence-electron chi connectivity index (χ4n) is 2.23. The first kappa shape index (κ1) is 16.5. The molecule has 0 aliphatic carbocycles. The Morgan fingerprint density at radius 1 is 1.23 bits per heavy atom. The van der Waals surface area contributed by atoms with Crippen LogP contribution in [0.25, 0.3) is 17.2 Å². The molecular weight excluding hydrogens is 283 g/mol. The minimum Gasteiger partial charge on any atom is -0.461 e. The van der Waals surface area contributed by atoms with E-state index in [0.29, 0.717) is 18.6 Å². The van der Waals surface area contributed by atoms with Crippen molar-refractivity contribution in [3.63, 3.8) is 0 Å². The highest BCUT2D eigenvalue weighted by Crippen LogP contribution is 2.28. The molecule has 3 nitrogen and oxygen atoms in total. The van der Waals surface area contributed by atoms with E-state index >= 15 is 0 Å². The van der Waals surface area contributed by atoms with E-state index in [1.165, 1.54) is 12.1 Å². The summed E-state index contributed by atoms with van der Waals surface area (Å²) in [5, 5.41) is 19.4. The predicted molar refractivity (Wildman–Crippen MR) is 84.8 cm³/mol. The van der Waals surface area contributed by atoms with Crippen LogP contribution in [-0.4, -0.2) is 22.4 Å². The van der Waals surface area contributed by atoms with Crippen molar-refractivity contribution >= 4 is 6.08 Å². The lowest BCUT2D eigenvalue weighted by Gasteiger charge is -2.10. The Bertz CT molecular complexity index is 628. The molecule has 0 fully saturated rings. The van der Waals surface area contributed by atoms with Crippen molar-refractivity contribution in [1.82, 2.24) is 0 Å². The van der Waals surface area contributed by atoms with Gasteiger partial charge in [0.25, 0.3) is 0 Å². The summed E-state index contributed by atoms with van der Waals surface area (Å²) < 4.78 is 18.6. The first-order valence-electron chi connectivity index (χ1n) is 7.40.